The second-order valence-corrected chi connectivity index (χ2v) is 6.64. The molecule has 0 aliphatic rings. The van der Waals surface area contributed by atoms with E-state index in [0.29, 0.717) is 33.4 Å². The van der Waals surface area contributed by atoms with Gasteiger partial charge in [0, 0.05) is 5.02 Å². The van der Waals surface area contributed by atoms with E-state index in [1.165, 1.54) is 19.4 Å². The van der Waals surface area contributed by atoms with Crippen molar-refractivity contribution in [1.82, 2.24) is 5.43 Å². The Kier molecular flexibility index (Phi) is 7.61. The van der Waals surface area contributed by atoms with Crippen LogP contribution in [-0.4, -0.2) is 31.8 Å². The highest BCUT2D eigenvalue weighted by molar-refractivity contribution is 6.30. The number of hydrazone groups is 1. The summed E-state index contributed by atoms with van der Waals surface area (Å²) in [5.74, 6) is 0.443. The van der Waals surface area contributed by atoms with Crippen molar-refractivity contribution in [2.75, 3.05) is 13.7 Å². The van der Waals surface area contributed by atoms with Crippen LogP contribution in [-0.2, 0) is 4.79 Å². The van der Waals surface area contributed by atoms with E-state index in [0.717, 1.165) is 0 Å². The number of carbonyl (C=O) groups excluding carboxylic acids is 2. The van der Waals surface area contributed by atoms with Gasteiger partial charge in [-0.1, -0.05) is 29.8 Å². The van der Waals surface area contributed by atoms with Gasteiger partial charge in [-0.15, -0.1) is 0 Å². The van der Waals surface area contributed by atoms with Crippen LogP contribution in [0.25, 0.3) is 0 Å². The summed E-state index contributed by atoms with van der Waals surface area (Å²) in [6, 6.07) is 20.2. The molecular weight excluding hydrogens is 420 g/mol. The van der Waals surface area contributed by atoms with Gasteiger partial charge in [0.1, 0.15) is 5.75 Å². The number of benzene rings is 3. The lowest BCUT2D eigenvalue weighted by molar-refractivity contribution is -0.123. The number of nitrogens with zero attached hydrogens (tertiary/aromatic N) is 1. The van der Waals surface area contributed by atoms with Crippen molar-refractivity contribution < 1.29 is 23.8 Å². The van der Waals surface area contributed by atoms with Crippen molar-refractivity contribution in [2.24, 2.45) is 5.10 Å². The SMILES string of the molecule is COc1ccccc1OCC(=O)N/N=C\c1ccc(OC(=O)c2cccc(Cl)c2)cc1. The molecule has 0 unspecified atom stereocenters. The molecule has 158 valence electrons. The summed E-state index contributed by atoms with van der Waals surface area (Å²) < 4.78 is 15.9. The molecule has 0 aliphatic heterocycles. The maximum absolute atomic E-state index is 12.1. The average molecular weight is 439 g/mol. The number of nitrogens with one attached hydrogen (secondary N) is 1. The molecule has 7 nitrogen and oxygen atoms in total. The third kappa shape index (κ3) is 6.58. The van der Waals surface area contributed by atoms with Crippen LogP contribution in [0, 0.1) is 0 Å². The number of esters is 1. The molecule has 0 aromatic heterocycles. The maximum Gasteiger partial charge on any atom is 0.343 e. The van der Waals surface area contributed by atoms with Crippen LogP contribution in [0.3, 0.4) is 0 Å². The second kappa shape index (κ2) is 10.8. The highest BCUT2D eigenvalue weighted by Gasteiger charge is 2.09. The standard InChI is InChI=1S/C23H19ClN2O5/c1-29-20-7-2-3-8-21(20)30-15-22(27)26-25-14-16-9-11-19(12-10-16)31-23(28)17-5-4-6-18(24)13-17/h2-14H,15H2,1H3,(H,26,27)/b25-14-. The zero-order valence-electron chi connectivity index (χ0n) is 16.6. The molecule has 0 saturated carbocycles. The van der Waals surface area contributed by atoms with Crippen molar-refractivity contribution in [3.8, 4) is 17.2 Å². The molecule has 0 heterocycles. The largest absolute Gasteiger partial charge is 0.493 e. The Labute approximate surface area is 184 Å². The van der Waals surface area contributed by atoms with Crippen molar-refractivity contribution in [3.63, 3.8) is 0 Å². The number of carbonyl (C=O) groups is 2. The third-order valence-electron chi connectivity index (χ3n) is 3.98. The van der Waals surface area contributed by atoms with Crippen LogP contribution < -0.4 is 19.6 Å². The Balaban J connectivity index is 1.48. The van der Waals surface area contributed by atoms with Crippen molar-refractivity contribution in [1.29, 1.82) is 0 Å². The minimum Gasteiger partial charge on any atom is -0.493 e. The molecule has 1 N–H and O–H groups in total. The van der Waals surface area contributed by atoms with Crippen molar-refractivity contribution >= 4 is 29.7 Å². The summed E-state index contributed by atoms with van der Waals surface area (Å²) in [7, 11) is 1.52. The molecule has 8 heteroatoms. The van der Waals surface area contributed by atoms with Gasteiger partial charge in [0.2, 0.25) is 0 Å². The molecule has 3 aromatic carbocycles. The van der Waals surface area contributed by atoms with Crippen molar-refractivity contribution in [3.05, 3.63) is 88.9 Å². The first-order valence-corrected chi connectivity index (χ1v) is 9.58. The van der Waals surface area contributed by atoms with E-state index in [9.17, 15) is 9.59 Å². The van der Waals surface area contributed by atoms with E-state index in [2.05, 4.69) is 10.5 Å². The molecule has 0 radical (unpaired) electrons. The van der Waals surface area contributed by atoms with Gasteiger partial charge < -0.3 is 14.2 Å². The van der Waals surface area contributed by atoms with Gasteiger partial charge in [-0.05, 0) is 60.2 Å². The lowest BCUT2D eigenvalue weighted by atomic mass is 10.2. The van der Waals surface area contributed by atoms with Gasteiger partial charge in [-0.25, -0.2) is 10.2 Å². The summed E-state index contributed by atoms with van der Waals surface area (Å²) >= 11 is 5.88. The Hall–Kier alpha value is -3.84. The number of para-hydroxylation sites is 2. The van der Waals surface area contributed by atoms with Gasteiger partial charge in [0.25, 0.3) is 5.91 Å². The minimum atomic E-state index is -0.508. The van der Waals surface area contributed by atoms with E-state index in [1.54, 1.807) is 66.7 Å². The first kappa shape index (κ1) is 21.9. The van der Waals surface area contributed by atoms with E-state index in [-0.39, 0.29) is 6.61 Å². The van der Waals surface area contributed by atoms with Gasteiger partial charge >= 0.3 is 5.97 Å². The van der Waals surface area contributed by atoms with Crippen LogP contribution in [0.2, 0.25) is 5.02 Å². The summed E-state index contributed by atoms with van der Waals surface area (Å²) in [5, 5.41) is 4.34. The Morgan fingerprint density at radius 2 is 1.74 bits per heavy atom. The first-order chi connectivity index (χ1) is 15.0. The second-order valence-electron chi connectivity index (χ2n) is 6.20. The number of halogens is 1. The van der Waals surface area contributed by atoms with Gasteiger partial charge in [-0.2, -0.15) is 5.10 Å². The fraction of sp³-hybridized carbons (Fsp3) is 0.0870. The highest BCUT2D eigenvalue weighted by Crippen LogP contribution is 2.25. The van der Waals surface area contributed by atoms with Crippen LogP contribution in [0.4, 0.5) is 0 Å². The zero-order valence-corrected chi connectivity index (χ0v) is 17.3. The van der Waals surface area contributed by atoms with Gasteiger partial charge in [0.15, 0.2) is 18.1 Å². The lowest BCUT2D eigenvalue weighted by Gasteiger charge is -2.09. The fourth-order valence-electron chi connectivity index (χ4n) is 2.50. The number of methoxy groups -OCH3 is 1. The quantitative estimate of drug-likeness (QED) is 0.248. The summed E-state index contributed by atoms with van der Waals surface area (Å²) in [6.45, 7) is -0.212. The summed E-state index contributed by atoms with van der Waals surface area (Å²) in [5.41, 5.74) is 3.44. The molecule has 0 atom stereocenters. The monoisotopic (exact) mass is 438 g/mol. The Bertz CT molecular complexity index is 1080. The van der Waals surface area contributed by atoms with Crippen LogP contribution in [0.15, 0.2) is 77.9 Å². The van der Waals surface area contributed by atoms with Crippen LogP contribution in [0.5, 0.6) is 17.2 Å². The first-order valence-electron chi connectivity index (χ1n) is 9.20. The molecule has 0 aliphatic carbocycles. The Morgan fingerprint density at radius 1 is 1.00 bits per heavy atom. The predicted molar refractivity (Wildman–Crippen MR) is 117 cm³/mol. The Morgan fingerprint density at radius 3 is 2.45 bits per heavy atom. The van der Waals surface area contributed by atoms with Crippen molar-refractivity contribution in [2.45, 2.75) is 0 Å². The topological polar surface area (TPSA) is 86.2 Å². The van der Waals surface area contributed by atoms with Crippen LogP contribution >= 0.6 is 11.6 Å². The van der Waals surface area contributed by atoms with E-state index >= 15 is 0 Å². The maximum atomic E-state index is 12.1. The smallest absolute Gasteiger partial charge is 0.343 e. The molecule has 3 rings (SSSR count). The fourth-order valence-corrected chi connectivity index (χ4v) is 2.69. The number of hydrogen-bond acceptors (Lipinski definition) is 6. The van der Waals surface area contributed by atoms with E-state index in [1.807, 2.05) is 0 Å². The van der Waals surface area contributed by atoms with Gasteiger partial charge in [0.05, 0.1) is 18.9 Å². The number of hydrogen-bond donors (Lipinski definition) is 1. The normalized spacial score (nSPS) is 10.5. The summed E-state index contributed by atoms with van der Waals surface area (Å²) in [4.78, 5) is 24.0. The highest BCUT2D eigenvalue weighted by atomic mass is 35.5. The molecule has 31 heavy (non-hydrogen) atoms. The number of ether oxygens (including phenoxy) is 3. The number of amides is 1. The molecule has 3 aromatic rings. The van der Waals surface area contributed by atoms with Crippen LogP contribution in [0.1, 0.15) is 15.9 Å². The molecular formula is C23H19ClN2O5. The molecule has 0 fully saturated rings. The average Bonchev–Trinajstić information content (AvgIpc) is 2.79. The minimum absolute atomic E-state index is 0.212. The molecule has 0 spiro atoms. The molecule has 0 saturated heterocycles. The zero-order chi connectivity index (χ0) is 22.1. The summed E-state index contributed by atoms with van der Waals surface area (Å²) in [6.07, 6.45) is 1.46. The molecule has 1 amide bonds. The van der Waals surface area contributed by atoms with Gasteiger partial charge in [-0.3, -0.25) is 4.79 Å². The lowest BCUT2D eigenvalue weighted by Crippen LogP contribution is -2.24. The molecule has 0 bridgehead atoms. The predicted octanol–water partition coefficient (Wildman–Crippen LogP) is 4.10. The number of rotatable bonds is 8. The van der Waals surface area contributed by atoms with E-state index in [4.69, 9.17) is 25.8 Å². The van der Waals surface area contributed by atoms with E-state index < -0.39 is 11.9 Å². The third-order valence-corrected chi connectivity index (χ3v) is 4.22.